The monoisotopic (exact) mass is 154 g/mol. The van der Waals surface area contributed by atoms with Gasteiger partial charge in [-0.1, -0.05) is 6.08 Å². The zero-order chi connectivity index (χ0) is 8.43. The summed E-state index contributed by atoms with van der Waals surface area (Å²) in [6.45, 7) is 0. The molecule has 5 N–H and O–H groups in total. The van der Waals surface area contributed by atoms with Crippen LogP contribution in [0.3, 0.4) is 0 Å². The molecule has 0 aromatic carbocycles. The fraction of sp³-hybridized carbons (Fsp3) is 0.286. The summed E-state index contributed by atoms with van der Waals surface area (Å²) in [6, 6.07) is -0.214. The fourth-order valence-electron chi connectivity index (χ4n) is 0.960. The van der Waals surface area contributed by atoms with Crippen molar-refractivity contribution >= 4 is 5.97 Å². The average molecular weight is 154 g/mol. The van der Waals surface area contributed by atoms with E-state index in [1.165, 1.54) is 6.08 Å². The molecule has 1 aliphatic carbocycles. The Morgan fingerprint density at radius 2 is 2.36 bits per heavy atom. The number of rotatable bonds is 1. The summed E-state index contributed by atoms with van der Waals surface area (Å²) >= 11 is 0. The number of allylic oxidation sites excluding steroid dienone is 1. The minimum atomic E-state index is -0.984. The molecule has 60 valence electrons. The van der Waals surface area contributed by atoms with E-state index in [-0.39, 0.29) is 11.6 Å². The first-order valence-electron chi connectivity index (χ1n) is 3.27. The average Bonchev–Trinajstić information content (AvgIpc) is 1.94. The van der Waals surface area contributed by atoms with E-state index in [0.717, 1.165) is 0 Å². The van der Waals surface area contributed by atoms with E-state index in [1.54, 1.807) is 6.08 Å². The SMILES string of the molecule is NC1=C(C(=O)O)CC(N)C=C1. The first-order valence-corrected chi connectivity index (χ1v) is 3.27. The third kappa shape index (κ3) is 1.59. The maximum atomic E-state index is 10.5. The molecule has 1 aliphatic rings. The molecule has 0 saturated heterocycles. The molecule has 0 aromatic heterocycles. The van der Waals surface area contributed by atoms with Gasteiger partial charge >= 0.3 is 5.97 Å². The van der Waals surface area contributed by atoms with Crippen LogP contribution in [0.4, 0.5) is 0 Å². The Hall–Kier alpha value is -1.29. The van der Waals surface area contributed by atoms with Crippen LogP contribution in [0.15, 0.2) is 23.4 Å². The van der Waals surface area contributed by atoms with Crippen LogP contribution in [0.2, 0.25) is 0 Å². The highest BCUT2D eigenvalue weighted by Crippen LogP contribution is 2.14. The third-order valence-corrected chi connectivity index (χ3v) is 1.57. The molecule has 0 radical (unpaired) electrons. The predicted octanol–water partition coefficient (Wildman–Crippen LogP) is -0.429. The lowest BCUT2D eigenvalue weighted by molar-refractivity contribution is -0.132. The van der Waals surface area contributed by atoms with Crippen LogP contribution in [0.5, 0.6) is 0 Å². The van der Waals surface area contributed by atoms with Crippen LogP contribution in [0, 0.1) is 0 Å². The Morgan fingerprint density at radius 3 is 2.82 bits per heavy atom. The Morgan fingerprint density at radius 1 is 1.73 bits per heavy atom. The van der Waals surface area contributed by atoms with Crippen molar-refractivity contribution < 1.29 is 9.90 Å². The van der Waals surface area contributed by atoms with E-state index < -0.39 is 5.97 Å². The summed E-state index contributed by atoms with van der Waals surface area (Å²) in [6.07, 6.45) is 3.55. The number of carboxylic acid groups (broad SMARTS) is 1. The Labute approximate surface area is 64.2 Å². The lowest BCUT2D eigenvalue weighted by atomic mass is 9.99. The molecule has 4 heteroatoms. The summed E-state index contributed by atoms with van der Waals surface area (Å²) in [5.74, 6) is -0.984. The van der Waals surface area contributed by atoms with Gasteiger partial charge in [0.25, 0.3) is 0 Å². The zero-order valence-electron chi connectivity index (χ0n) is 5.95. The number of nitrogens with two attached hydrogens (primary N) is 2. The van der Waals surface area contributed by atoms with E-state index in [0.29, 0.717) is 12.1 Å². The Kier molecular flexibility index (Phi) is 1.96. The molecule has 0 amide bonds. The van der Waals surface area contributed by atoms with Crippen molar-refractivity contribution in [3.05, 3.63) is 23.4 Å². The van der Waals surface area contributed by atoms with Crippen molar-refractivity contribution in [3.63, 3.8) is 0 Å². The quantitative estimate of drug-likeness (QED) is 0.478. The van der Waals surface area contributed by atoms with Crippen molar-refractivity contribution in [2.75, 3.05) is 0 Å². The minimum Gasteiger partial charge on any atom is -0.478 e. The fourth-order valence-corrected chi connectivity index (χ4v) is 0.960. The summed E-state index contributed by atoms with van der Waals surface area (Å²) in [7, 11) is 0. The molecule has 0 spiro atoms. The molecule has 4 nitrogen and oxygen atoms in total. The van der Waals surface area contributed by atoms with E-state index in [4.69, 9.17) is 16.6 Å². The van der Waals surface area contributed by atoms with Crippen LogP contribution >= 0.6 is 0 Å². The van der Waals surface area contributed by atoms with E-state index in [9.17, 15) is 4.79 Å². The second-order valence-corrected chi connectivity index (χ2v) is 2.47. The Bertz CT molecular complexity index is 243. The molecule has 0 fully saturated rings. The van der Waals surface area contributed by atoms with Gasteiger partial charge in [0.1, 0.15) is 0 Å². The predicted molar refractivity (Wildman–Crippen MR) is 40.6 cm³/mol. The van der Waals surface area contributed by atoms with Gasteiger partial charge in [-0.3, -0.25) is 0 Å². The summed E-state index contributed by atoms with van der Waals surface area (Å²) in [5, 5.41) is 8.60. The second kappa shape index (κ2) is 2.75. The van der Waals surface area contributed by atoms with Crippen molar-refractivity contribution in [2.45, 2.75) is 12.5 Å². The standard InChI is InChI=1S/C7H10N2O2/c8-4-1-2-6(9)5(3-4)7(10)11/h1-2,4H,3,8-9H2,(H,10,11). The highest BCUT2D eigenvalue weighted by molar-refractivity contribution is 5.88. The van der Waals surface area contributed by atoms with Crippen molar-refractivity contribution in [3.8, 4) is 0 Å². The van der Waals surface area contributed by atoms with E-state index >= 15 is 0 Å². The largest absolute Gasteiger partial charge is 0.478 e. The molecule has 1 unspecified atom stereocenters. The van der Waals surface area contributed by atoms with Gasteiger partial charge in [0, 0.05) is 18.2 Å². The van der Waals surface area contributed by atoms with Crippen LogP contribution < -0.4 is 11.5 Å². The van der Waals surface area contributed by atoms with Gasteiger partial charge in [0.05, 0.1) is 5.57 Å². The molecule has 0 heterocycles. The van der Waals surface area contributed by atoms with Crippen LogP contribution in [-0.4, -0.2) is 17.1 Å². The first kappa shape index (κ1) is 7.81. The number of hydrogen-bond acceptors (Lipinski definition) is 3. The summed E-state index contributed by atoms with van der Waals surface area (Å²) < 4.78 is 0. The zero-order valence-corrected chi connectivity index (χ0v) is 5.95. The molecule has 0 saturated carbocycles. The lowest BCUT2D eigenvalue weighted by Crippen LogP contribution is -2.25. The lowest BCUT2D eigenvalue weighted by Gasteiger charge is -2.13. The van der Waals surface area contributed by atoms with Crippen molar-refractivity contribution in [2.24, 2.45) is 11.5 Å². The third-order valence-electron chi connectivity index (χ3n) is 1.57. The molecular formula is C7H10N2O2. The molecule has 0 aliphatic heterocycles. The summed E-state index contributed by atoms with van der Waals surface area (Å²) in [5.41, 5.74) is 11.4. The van der Waals surface area contributed by atoms with Crippen LogP contribution in [-0.2, 0) is 4.79 Å². The Balaban J connectivity index is 2.90. The number of carbonyl (C=O) groups is 1. The van der Waals surface area contributed by atoms with Crippen molar-refractivity contribution in [1.82, 2.24) is 0 Å². The smallest absolute Gasteiger partial charge is 0.333 e. The highest BCUT2D eigenvalue weighted by Gasteiger charge is 2.16. The number of hydrogen-bond donors (Lipinski definition) is 3. The molecule has 1 rings (SSSR count). The van der Waals surface area contributed by atoms with Gasteiger partial charge in [0.2, 0.25) is 0 Å². The van der Waals surface area contributed by atoms with Gasteiger partial charge in [-0.15, -0.1) is 0 Å². The molecule has 1 atom stereocenters. The van der Waals surface area contributed by atoms with Crippen LogP contribution in [0.25, 0.3) is 0 Å². The molecule has 0 bridgehead atoms. The second-order valence-electron chi connectivity index (χ2n) is 2.47. The van der Waals surface area contributed by atoms with Gasteiger partial charge in [-0.25, -0.2) is 4.79 Å². The van der Waals surface area contributed by atoms with Crippen LogP contribution in [0.1, 0.15) is 6.42 Å². The normalized spacial score (nSPS) is 23.9. The topological polar surface area (TPSA) is 89.3 Å². The molecule has 11 heavy (non-hydrogen) atoms. The maximum absolute atomic E-state index is 10.5. The molecular weight excluding hydrogens is 144 g/mol. The van der Waals surface area contributed by atoms with Gasteiger partial charge in [-0.2, -0.15) is 0 Å². The number of carboxylic acids is 1. The highest BCUT2D eigenvalue weighted by atomic mass is 16.4. The number of aliphatic carboxylic acids is 1. The van der Waals surface area contributed by atoms with Gasteiger partial charge < -0.3 is 16.6 Å². The van der Waals surface area contributed by atoms with E-state index in [2.05, 4.69) is 0 Å². The first-order chi connectivity index (χ1) is 5.11. The molecule has 0 aromatic rings. The van der Waals surface area contributed by atoms with Gasteiger partial charge in [-0.05, 0) is 6.08 Å². The minimum absolute atomic E-state index is 0.208. The van der Waals surface area contributed by atoms with Gasteiger partial charge in [0.15, 0.2) is 0 Å². The van der Waals surface area contributed by atoms with Crippen molar-refractivity contribution in [1.29, 1.82) is 0 Å². The summed E-state index contributed by atoms with van der Waals surface area (Å²) in [4.78, 5) is 10.5. The maximum Gasteiger partial charge on any atom is 0.333 e. The van der Waals surface area contributed by atoms with E-state index in [1.807, 2.05) is 0 Å².